The third-order valence-electron chi connectivity index (χ3n) is 3.13. The minimum Gasteiger partial charge on any atom is -0.480 e. The molecule has 0 saturated carbocycles. The molecule has 2 aromatic rings. The Balaban J connectivity index is 2.03. The number of hydrogen-bond donors (Lipinski definition) is 2. The van der Waals surface area contributed by atoms with Crippen LogP contribution in [0.25, 0.3) is 0 Å². The first-order chi connectivity index (χ1) is 11.0. The van der Waals surface area contributed by atoms with Gasteiger partial charge in [0, 0.05) is 11.1 Å². The predicted octanol–water partition coefficient (Wildman–Crippen LogP) is 1.49. The molecule has 0 spiro atoms. The van der Waals surface area contributed by atoms with Crippen molar-refractivity contribution in [2.24, 2.45) is 5.73 Å². The Hall–Kier alpha value is -2.99. The smallest absolute Gasteiger partial charge is 0.338 e. The molecular formula is C17H15NO5. The van der Waals surface area contributed by atoms with E-state index in [1.54, 1.807) is 24.3 Å². The van der Waals surface area contributed by atoms with Crippen LogP contribution in [0.4, 0.5) is 0 Å². The lowest BCUT2D eigenvalue weighted by molar-refractivity contribution is -0.139. The van der Waals surface area contributed by atoms with Crippen molar-refractivity contribution < 1.29 is 24.2 Å². The summed E-state index contributed by atoms with van der Waals surface area (Å²) in [6.07, 6.45) is 0. The average Bonchev–Trinajstić information content (AvgIpc) is 2.59. The lowest BCUT2D eigenvalue weighted by atomic mass is 10.0. The lowest BCUT2D eigenvalue weighted by Crippen LogP contribution is -2.35. The van der Waals surface area contributed by atoms with Gasteiger partial charge in [-0.3, -0.25) is 9.59 Å². The Labute approximate surface area is 132 Å². The molecule has 2 aromatic carbocycles. The largest absolute Gasteiger partial charge is 0.480 e. The number of carboxylic acid groups (broad SMARTS) is 1. The highest BCUT2D eigenvalue weighted by Crippen LogP contribution is 2.12. The molecule has 0 saturated heterocycles. The summed E-state index contributed by atoms with van der Waals surface area (Å²) in [4.78, 5) is 34.5. The number of nitrogens with two attached hydrogens (primary N) is 1. The number of hydrogen-bond acceptors (Lipinski definition) is 5. The van der Waals surface area contributed by atoms with Gasteiger partial charge in [-0.15, -0.1) is 0 Å². The molecule has 2 rings (SSSR count). The molecule has 6 nitrogen and oxygen atoms in total. The van der Waals surface area contributed by atoms with Crippen molar-refractivity contribution in [3.05, 3.63) is 71.3 Å². The van der Waals surface area contributed by atoms with Gasteiger partial charge < -0.3 is 15.6 Å². The molecule has 0 aliphatic heterocycles. The molecule has 0 radical (unpaired) electrons. The van der Waals surface area contributed by atoms with Crippen molar-refractivity contribution in [1.29, 1.82) is 0 Å². The van der Waals surface area contributed by atoms with Crippen molar-refractivity contribution in [2.45, 2.75) is 6.04 Å². The standard InChI is InChI=1S/C17H15NO5/c18-14(16(20)21)10-23-17(22)13-8-6-12(7-9-13)15(19)11-4-2-1-3-5-11/h1-9,14H,10,18H2,(H,20,21)/t14-/m0/s1. The van der Waals surface area contributed by atoms with E-state index in [2.05, 4.69) is 0 Å². The van der Waals surface area contributed by atoms with E-state index in [4.69, 9.17) is 15.6 Å². The van der Waals surface area contributed by atoms with Crippen LogP contribution in [0, 0.1) is 0 Å². The maximum atomic E-state index is 12.2. The number of aliphatic carboxylic acids is 1. The van der Waals surface area contributed by atoms with E-state index in [0.29, 0.717) is 11.1 Å². The molecule has 6 heteroatoms. The fourth-order valence-corrected chi connectivity index (χ4v) is 1.83. The Morgan fingerprint density at radius 1 is 0.913 bits per heavy atom. The second-order valence-corrected chi connectivity index (χ2v) is 4.82. The van der Waals surface area contributed by atoms with Crippen LogP contribution in [0.2, 0.25) is 0 Å². The van der Waals surface area contributed by atoms with Crippen LogP contribution in [-0.2, 0) is 9.53 Å². The molecule has 3 N–H and O–H groups in total. The third-order valence-corrected chi connectivity index (χ3v) is 3.13. The molecule has 0 aromatic heterocycles. The first-order valence-electron chi connectivity index (χ1n) is 6.84. The van der Waals surface area contributed by atoms with E-state index in [-0.39, 0.29) is 11.3 Å². The number of carbonyl (C=O) groups excluding carboxylic acids is 2. The maximum Gasteiger partial charge on any atom is 0.338 e. The van der Waals surface area contributed by atoms with Gasteiger partial charge in [0.1, 0.15) is 12.6 Å². The Morgan fingerprint density at radius 3 is 2.00 bits per heavy atom. The highest BCUT2D eigenvalue weighted by atomic mass is 16.5. The molecule has 1 atom stereocenters. The van der Waals surface area contributed by atoms with Crippen molar-refractivity contribution >= 4 is 17.7 Å². The highest BCUT2D eigenvalue weighted by molar-refractivity contribution is 6.09. The van der Waals surface area contributed by atoms with E-state index in [9.17, 15) is 14.4 Å². The molecule has 0 fully saturated rings. The summed E-state index contributed by atoms with van der Waals surface area (Å²) < 4.78 is 4.81. The second kappa shape index (κ2) is 7.33. The number of ether oxygens (including phenoxy) is 1. The van der Waals surface area contributed by atoms with Crippen molar-refractivity contribution in [1.82, 2.24) is 0 Å². The second-order valence-electron chi connectivity index (χ2n) is 4.82. The zero-order valence-electron chi connectivity index (χ0n) is 12.1. The summed E-state index contributed by atoms with van der Waals surface area (Å²) in [5.41, 5.74) is 6.46. The van der Waals surface area contributed by atoms with Crippen LogP contribution >= 0.6 is 0 Å². The van der Waals surface area contributed by atoms with Gasteiger partial charge in [0.2, 0.25) is 0 Å². The van der Waals surface area contributed by atoms with Gasteiger partial charge in [0.25, 0.3) is 0 Å². The molecule has 0 bridgehead atoms. The first kappa shape index (κ1) is 16.4. The molecule has 0 aliphatic rings. The third kappa shape index (κ3) is 4.24. The van der Waals surface area contributed by atoms with Gasteiger partial charge in [-0.2, -0.15) is 0 Å². The Morgan fingerprint density at radius 2 is 1.43 bits per heavy atom. The monoisotopic (exact) mass is 313 g/mol. The van der Waals surface area contributed by atoms with Crippen molar-refractivity contribution in [3.63, 3.8) is 0 Å². The summed E-state index contributed by atoms with van der Waals surface area (Å²) in [7, 11) is 0. The van der Waals surface area contributed by atoms with Crippen molar-refractivity contribution in [3.8, 4) is 0 Å². The fraction of sp³-hybridized carbons (Fsp3) is 0.118. The number of benzene rings is 2. The van der Waals surface area contributed by atoms with Crippen LogP contribution < -0.4 is 5.73 Å². The SMILES string of the molecule is N[C@@H](COC(=O)c1ccc(C(=O)c2ccccc2)cc1)C(=O)O. The van der Waals surface area contributed by atoms with Crippen LogP contribution in [0.5, 0.6) is 0 Å². The quantitative estimate of drug-likeness (QED) is 0.618. The molecule has 0 unspecified atom stereocenters. The number of esters is 1. The highest BCUT2D eigenvalue weighted by Gasteiger charge is 2.16. The van der Waals surface area contributed by atoms with Gasteiger partial charge in [-0.05, 0) is 12.1 Å². The summed E-state index contributed by atoms with van der Waals surface area (Å²) in [5, 5.41) is 8.62. The van der Waals surface area contributed by atoms with Crippen LogP contribution in [-0.4, -0.2) is 35.5 Å². The molecule has 23 heavy (non-hydrogen) atoms. The zero-order chi connectivity index (χ0) is 16.8. The van der Waals surface area contributed by atoms with E-state index >= 15 is 0 Å². The normalized spacial score (nSPS) is 11.5. The number of carbonyl (C=O) groups is 3. The maximum absolute atomic E-state index is 12.2. The Bertz CT molecular complexity index is 710. The van der Waals surface area contributed by atoms with E-state index in [1.807, 2.05) is 6.07 Å². The molecule has 118 valence electrons. The number of ketones is 1. The van der Waals surface area contributed by atoms with Gasteiger partial charge in [-0.25, -0.2) is 4.79 Å². The van der Waals surface area contributed by atoms with E-state index in [0.717, 1.165) is 0 Å². The molecule has 0 heterocycles. The Kier molecular flexibility index (Phi) is 5.22. The average molecular weight is 313 g/mol. The summed E-state index contributed by atoms with van der Waals surface area (Å²) in [5.74, 6) is -2.10. The molecule has 0 amide bonds. The minimum atomic E-state index is -1.27. The van der Waals surface area contributed by atoms with Crippen LogP contribution in [0.15, 0.2) is 54.6 Å². The fourth-order valence-electron chi connectivity index (χ4n) is 1.83. The van der Waals surface area contributed by atoms with Gasteiger partial charge in [-0.1, -0.05) is 42.5 Å². The lowest BCUT2D eigenvalue weighted by Gasteiger charge is -2.08. The molecule has 0 aliphatic carbocycles. The van der Waals surface area contributed by atoms with Gasteiger partial charge in [0.15, 0.2) is 5.78 Å². The number of carboxylic acids is 1. The van der Waals surface area contributed by atoms with Crippen LogP contribution in [0.1, 0.15) is 26.3 Å². The summed E-state index contributed by atoms with van der Waals surface area (Å²) in [6, 6.07) is 13.4. The first-order valence-corrected chi connectivity index (χ1v) is 6.84. The minimum absolute atomic E-state index is 0.154. The summed E-state index contributed by atoms with van der Waals surface area (Å²) in [6.45, 7) is -0.418. The van der Waals surface area contributed by atoms with Gasteiger partial charge in [0.05, 0.1) is 5.56 Å². The zero-order valence-corrected chi connectivity index (χ0v) is 12.1. The topological polar surface area (TPSA) is 107 Å². The van der Waals surface area contributed by atoms with Gasteiger partial charge >= 0.3 is 11.9 Å². The van der Waals surface area contributed by atoms with Crippen LogP contribution in [0.3, 0.4) is 0 Å². The predicted molar refractivity (Wildman–Crippen MR) is 82.2 cm³/mol. The van der Waals surface area contributed by atoms with E-state index in [1.165, 1.54) is 24.3 Å². The molecular weight excluding hydrogens is 298 g/mol. The number of rotatable bonds is 6. The van der Waals surface area contributed by atoms with Crippen molar-refractivity contribution in [2.75, 3.05) is 6.61 Å². The van der Waals surface area contributed by atoms with E-state index < -0.39 is 24.6 Å². The summed E-state index contributed by atoms with van der Waals surface area (Å²) >= 11 is 0.